The van der Waals surface area contributed by atoms with Crippen LogP contribution >= 0.6 is 11.8 Å². The standard InChI is InChI=1S/C16H12N2OS.ClH/c1-18-9-14-15(10-5-2-3-7-12(10)18)17-11-6-4-8-13(19)16(11)20-14;/h2-9,19H,1H3;1H. The Balaban J connectivity index is 0.00000132. The highest BCUT2D eigenvalue weighted by Crippen LogP contribution is 2.49. The van der Waals surface area contributed by atoms with Crippen LogP contribution in [-0.4, -0.2) is 5.11 Å². The molecular weight excluding hydrogens is 304 g/mol. The summed E-state index contributed by atoms with van der Waals surface area (Å²) >= 11 is 1.60. The second kappa shape index (κ2) is 5.13. The van der Waals surface area contributed by atoms with Crippen molar-refractivity contribution in [3.8, 4) is 5.75 Å². The van der Waals surface area contributed by atoms with Crippen LogP contribution in [0.1, 0.15) is 0 Å². The van der Waals surface area contributed by atoms with Crippen LogP contribution in [-0.2, 0) is 7.05 Å². The summed E-state index contributed by atoms with van der Waals surface area (Å²) in [6.07, 6.45) is 2.10. The van der Waals surface area contributed by atoms with Gasteiger partial charge in [0.05, 0.1) is 21.7 Å². The quantitative estimate of drug-likeness (QED) is 0.466. The van der Waals surface area contributed by atoms with E-state index in [1.807, 2.05) is 31.3 Å². The maximum atomic E-state index is 10.00. The fourth-order valence-corrected chi connectivity index (χ4v) is 3.71. The number of nitrogens with one attached hydrogen (secondary N) is 1. The first-order valence-corrected chi connectivity index (χ1v) is 7.24. The molecule has 1 aliphatic heterocycles. The maximum absolute atomic E-state index is 10.00. The number of pyridine rings is 1. The third-order valence-electron chi connectivity index (χ3n) is 3.58. The Morgan fingerprint density at radius 2 is 1.90 bits per heavy atom. The maximum Gasteiger partial charge on any atom is 0.214 e. The van der Waals surface area contributed by atoms with E-state index in [1.165, 1.54) is 10.9 Å². The molecule has 0 unspecified atom stereocenters. The van der Waals surface area contributed by atoms with Gasteiger partial charge in [-0.3, -0.25) is 0 Å². The van der Waals surface area contributed by atoms with Gasteiger partial charge in [0, 0.05) is 6.07 Å². The van der Waals surface area contributed by atoms with Gasteiger partial charge in [0.15, 0.2) is 6.20 Å². The molecule has 0 spiro atoms. The first kappa shape index (κ1) is 14.0. The van der Waals surface area contributed by atoms with Crippen LogP contribution < -0.4 is 22.3 Å². The normalized spacial score (nSPS) is 12.0. The van der Waals surface area contributed by atoms with Crippen molar-refractivity contribution in [3.63, 3.8) is 0 Å². The molecule has 2 N–H and O–H groups in total. The number of aromatic hydroxyl groups is 1. The summed E-state index contributed by atoms with van der Waals surface area (Å²) < 4.78 is 2.12. The topological polar surface area (TPSA) is 36.1 Å². The number of nitrogens with zero attached hydrogens (tertiary/aromatic N) is 1. The molecule has 2 aromatic carbocycles. The number of benzene rings is 2. The van der Waals surface area contributed by atoms with Crippen LogP contribution in [0.15, 0.2) is 58.5 Å². The van der Waals surface area contributed by atoms with Crippen molar-refractivity contribution in [1.29, 1.82) is 0 Å². The summed E-state index contributed by atoms with van der Waals surface area (Å²) in [5.41, 5.74) is 3.26. The smallest absolute Gasteiger partial charge is 0.214 e. The lowest BCUT2D eigenvalue weighted by atomic mass is 10.1. The molecule has 1 aliphatic rings. The van der Waals surface area contributed by atoms with Gasteiger partial charge in [0.2, 0.25) is 5.52 Å². The molecule has 2 heterocycles. The molecule has 0 bridgehead atoms. The molecule has 0 fully saturated rings. The van der Waals surface area contributed by atoms with E-state index in [9.17, 15) is 5.11 Å². The van der Waals surface area contributed by atoms with Crippen LogP contribution in [0.3, 0.4) is 0 Å². The number of aryl methyl sites for hydroxylation is 1. The Labute approximate surface area is 133 Å². The Bertz CT molecular complexity index is 851. The summed E-state index contributed by atoms with van der Waals surface area (Å²) in [5, 5.41) is 14.6. The zero-order valence-corrected chi connectivity index (χ0v) is 12.9. The molecule has 21 heavy (non-hydrogen) atoms. The minimum atomic E-state index is 0. The Morgan fingerprint density at radius 1 is 1.10 bits per heavy atom. The molecule has 1 aromatic heterocycles. The van der Waals surface area contributed by atoms with E-state index >= 15 is 0 Å². The van der Waals surface area contributed by atoms with Crippen molar-refractivity contribution in [3.05, 3.63) is 48.7 Å². The molecule has 0 atom stereocenters. The lowest BCUT2D eigenvalue weighted by Gasteiger charge is -2.21. The molecule has 3 nitrogen and oxygen atoms in total. The van der Waals surface area contributed by atoms with E-state index < -0.39 is 0 Å². The second-order valence-electron chi connectivity index (χ2n) is 4.88. The fraction of sp³-hybridized carbons (Fsp3) is 0.0625. The van der Waals surface area contributed by atoms with Crippen molar-refractivity contribution < 1.29 is 22.1 Å². The lowest BCUT2D eigenvalue weighted by Crippen LogP contribution is -3.00. The third-order valence-corrected chi connectivity index (χ3v) is 4.74. The zero-order valence-electron chi connectivity index (χ0n) is 11.3. The summed E-state index contributed by atoms with van der Waals surface area (Å²) in [7, 11) is 2.05. The Morgan fingerprint density at radius 3 is 2.76 bits per heavy atom. The van der Waals surface area contributed by atoms with Gasteiger partial charge in [-0.15, -0.1) is 0 Å². The van der Waals surface area contributed by atoms with Crippen LogP contribution in [0, 0.1) is 0 Å². The van der Waals surface area contributed by atoms with Gasteiger partial charge in [0.25, 0.3) is 0 Å². The van der Waals surface area contributed by atoms with Crippen molar-refractivity contribution in [2.45, 2.75) is 9.79 Å². The van der Waals surface area contributed by atoms with Gasteiger partial charge in [-0.2, -0.15) is 4.57 Å². The van der Waals surface area contributed by atoms with Crippen molar-refractivity contribution in [1.82, 2.24) is 0 Å². The van der Waals surface area contributed by atoms with Gasteiger partial charge in [-0.05, 0) is 18.2 Å². The Hall–Kier alpha value is -1.91. The van der Waals surface area contributed by atoms with E-state index in [1.54, 1.807) is 17.8 Å². The van der Waals surface area contributed by atoms with E-state index in [2.05, 4.69) is 28.2 Å². The zero-order chi connectivity index (χ0) is 13.7. The fourth-order valence-electron chi connectivity index (χ4n) is 2.62. The number of anilines is 2. The molecular formula is C16H13ClN2OS. The number of fused-ring (bicyclic) bond motifs is 4. The number of aromatic nitrogens is 1. The number of phenolic OH excluding ortho intramolecular Hbond substituents is 1. The highest BCUT2D eigenvalue weighted by atomic mass is 35.5. The average Bonchev–Trinajstić information content (AvgIpc) is 2.47. The molecule has 106 valence electrons. The highest BCUT2D eigenvalue weighted by Gasteiger charge is 2.24. The number of hydrogen-bond acceptors (Lipinski definition) is 3. The van der Waals surface area contributed by atoms with Gasteiger partial charge < -0.3 is 22.8 Å². The average molecular weight is 317 g/mol. The van der Waals surface area contributed by atoms with Gasteiger partial charge in [-0.1, -0.05) is 30.0 Å². The third kappa shape index (κ3) is 2.11. The summed E-state index contributed by atoms with van der Waals surface area (Å²) in [6, 6.07) is 13.9. The molecule has 0 saturated heterocycles. The number of halogens is 1. The van der Waals surface area contributed by atoms with Crippen LogP contribution in [0.4, 0.5) is 11.4 Å². The predicted molar refractivity (Wildman–Crippen MR) is 80.6 cm³/mol. The molecule has 0 saturated carbocycles. The van der Waals surface area contributed by atoms with Crippen LogP contribution in [0.5, 0.6) is 5.75 Å². The van der Waals surface area contributed by atoms with Crippen molar-refractivity contribution in [2.24, 2.45) is 7.05 Å². The molecule has 0 amide bonds. The minimum Gasteiger partial charge on any atom is -1.00 e. The van der Waals surface area contributed by atoms with Crippen LogP contribution in [0.25, 0.3) is 10.9 Å². The largest absolute Gasteiger partial charge is 1.00 e. The van der Waals surface area contributed by atoms with E-state index in [-0.39, 0.29) is 12.4 Å². The number of para-hydroxylation sites is 1. The number of hydrogen-bond donors (Lipinski definition) is 2. The second-order valence-corrected chi connectivity index (χ2v) is 5.93. The Kier molecular flexibility index (Phi) is 3.43. The predicted octanol–water partition coefficient (Wildman–Crippen LogP) is 0.582. The lowest BCUT2D eigenvalue weighted by molar-refractivity contribution is -0.646. The minimum absolute atomic E-state index is 0. The van der Waals surface area contributed by atoms with Gasteiger partial charge >= 0.3 is 0 Å². The summed E-state index contributed by atoms with van der Waals surface area (Å²) in [5.74, 6) is 0.321. The van der Waals surface area contributed by atoms with Crippen molar-refractivity contribution >= 4 is 34.0 Å². The number of rotatable bonds is 0. The van der Waals surface area contributed by atoms with Crippen LogP contribution in [0.2, 0.25) is 0 Å². The van der Waals surface area contributed by atoms with E-state index in [0.717, 1.165) is 21.2 Å². The first-order chi connectivity index (χ1) is 9.74. The van der Waals surface area contributed by atoms with E-state index in [4.69, 9.17) is 0 Å². The molecule has 0 aliphatic carbocycles. The molecule has 4 rings (SSSR count). The SMILES string of the molecule is C[n+]1cc2c(c3ccccc31)Nc1cccc(O)c1S2.[Cl-]. The molecule has 3 aromatic rings. The number of phenols is 1. The molecule has 5 heteroatoms. The monoisotopic (exact) mass is 316 g/mol. The van der Waals surface area contributed by atoms with Gasteiger partial charge in [0.1, 0.15) is 17.7 Å². The van der Waals surface area contributed by atoms with E-state index in [0.29, 0.717) is 5.75 Å². The summed E-state index contributed by atoms with van der Waals surface area (Å²) in [6.45, 7) is 0. The van der Waals surface area contributed by atoms with Gasteiger partial charge in [-0.25, -0.2) is 0 Å². The first-order valence-electron chi connectivity index (χ1n) is 6.42. The summed E-state index contributed by atoms with van der Waals surface area (Å²) in [4.78, 5) is 2.01. The highest BCUT2D eigenvalue weighted by molar-refractivity contribution is 7.99. The van der Waals surface area contributed by atoms with Crippen molar-refractivity contribution in [2.75, 3.05) is 5.32 Å². The molecule has 0 radical (unpaired) electrons.